The van der Waals surface area contributed by atoms with Crippen LogP contribution in [0.15, 0.2) is 12.4 Å². The SMILES string of the molecule is O=C(NC1CCCCCC1Br)c1cn[nH]c1. The minimum Gasteiger partial charge on any atom is -0.348 e. The molecule has 1 aromatic rings. The molecule has 0 aliphatic heterocycles. The third-order valence-electron chi connectivity index (χ3n) is 3.01. The molecule has 5 heteroatoms. The quantitative estimate of drug-likeness (QED) is 0.647. The van der Waals surface area contributed by atoms with Gasteiger partial charge in [-0.05, 0) is 12.8 Å². The zero-order valence-corrected chi connectivity index (χ0v) is 10.7. The smallest absolute Gasteiger partial charge is 0.254 e. The maximum Gasteiger partial charge on any atom is 0.254 e. The van der Waals surface area contributed by atoms with E-state index in [1.807, 2.05) is 0 Å². The van der Waals surface area contributed by atoms with Crippen molar-refractivity contribution in [2.45, 2.75) is 43.0 Å². The highest BCUT2D eigenvalue weighted by Gasteiger charge is 2.23. The van der Waals surface area contributed by atoms with E-state index in [-0.39, 0.29) is 11.9 Å². The lowest BCUT2D eigenvalue weighted by molar-refractivity contribution is 0.0935. The van der Waals surface area contributed by atoms with Crippen molar-refractivity contribution < 1.29 is 4.79 Å². The first kappa shape index (κ1) is 11.6. The number of amides is 1. The van der Waals surface area contributed by atoms with Gasteiger partial charge in [0.2, 0.25) is 0 Å². The summed E-state index contributed by atoms with van der Waals surface area (Å²) >= 11 is 3.66. The normalized spacial score (nSPS) is 26.1. The molecule has 0 bridgehead atoms. The topological polar surface area (TPSA) is 57.8 Å². The van der Waals surface area contributed by atoms with Gasteiger partial charge in [0.05, 0.1) is 11.8 Å². The lowest BCUT2D eigenvalue weighted by Crippen LogP contribution is -2.40. The molecule has 2 unspecified atom stereocenters. The number of hydrogen-bond donors (Lipinski definition) is 2. The number of nitrogens with one attached hydrogen (secondary N) is 2. The maximum absolute atomic E-state index is 11.8. The number of alkyl halides is 1. The van der Waals surface area contributed by atoms with Crippen LogP contribution in [0.4, 0.5) is 0 Å². The molecule has 2 atom stereocenters. The maximum atomic E-state index is 11.8. The van der Waals surface area contributed by atoms with Crippen LogP contribution in [0.25, 0.3) is 0 Å². The number of rotatable bonds is 2. The lowest BCUT2D eigenvalue weighted by Gasteiger charge is -2.20. The summed E-state index contributed by atoms with van der Waals surface area (Å²) < 4.78 is 0. The van der Waals surface area contributed by atoms with E-state index in [0.717, 1.165) is 12.8 Å². The Labute approximate surface area is 103 Å². The van der Waals surface area contributed by atoms with Gasteiger partial charge in [0.15, 0.2) is 0 Å². The summed E-state index contributed by atoms with van der Waals surface area (Å²) in [7, 11) is 0. The molecule has 2 rings (SSSR count). The summed E-state index contributed by atoms with van der Waals surface area (Å²) in [5.41, 5.74) is 0.601. The first-order valence-corrected chi connectivity index (χ1v) is 6.62. The van der Waals surface area contributed by atoms with Crippen LogP contribution >= 0.6 is 15.9 Å². The van der Waals surface area contributed by atoms with Gasteiger partial charge in [0.25, 0.3) is 5.91 Å². The summed E-state index contributed by atoms with van der Waals surface area (Å²) in [6.45, 7) is 0. The standard InChI is InChI=1S/C11H16BrN3O/c12-9-4-2-1-3-5-10(9)15-11(16)8-6-13-14-7-8/h6-7,9-10H,1-5H2,(H,13,14)(H,15,16). The Hall–Kier alpha value is -0.840. The average Bonchev–Trinajstić information content (AvgIpc) is 2.73. The first-order chi connectivity index (χ1) is 7.77. The molecule has 1 saturated carbocycles. The molecule has 1 aliphatic rings. The Morgan fingerprint density at radius 3 is 3.00 bits per heavy atom. The third-order valence-corrected chi connectivity index (χ3v) is 4.10. The van der Waals surface area contributed by atoms with Gasteiger partial charge in [-0.15, -0.1) is 0 Å². The van der Waals surface area contributed by atoms with E-state index >= 15 is 0 Å². The summed E-state index contributed by atoms with van der Waals surface area (Å²) in [6, 6.07) is 0.241. The van der Waals surface area contributed by atoms with Crippen molar-refractivity contribution in [1.82, 2.24) is 15.5 Å². The van der Waals surface area contributed by atoms with Gasteiger partial charge >= 0.3 is 0 Å². The number of aromatic nitrogens is 2. The van der Waals surface area contributed by atoms with Gasteiger partial charge in [-0.3, -0.25) is 9.89 Å². The highest BCUT2D eigenvalue weighted by atomic mass is 79.9. The van der Waals surface area contributed by atoms with Gasteiger partial charge in [-0.1, -0.05) is 35.2 Å². The molecule has 0 spiro atoms. The second kappa shape index (κ2) is 5.48. The predicted octanol–water partition coefficient (Wildman–Crippen LogP) is 2.24. The van der Waals surface area contributed by atoms with Crippen LogP contribution in [0.2, 0.25) is 0 Å². The minimum absolute atomic E-state index is 0.0369. The van der Waals surface area contributed by atoms with Crippen LogP contribution in [-0.4, -0.2) is 27.0 Å². The van der Waals surface area contributed by atoms with E-state index in [0.29, 0.717) is 10.4 Å². The van der Waals surface area contributed by atoms with Crippen LogP contribution < -0.4 is 5.32 Å². The second-order valence-corrected chi connectivity index (χ2v) is 5.40. The van der Waals surface area contributed by atoms with Crippen molar-refractivity contribution >= 4 is 21.8 Å². The number of halogens is 1. The molecular weight excluding hydrogens is 270 g/mol. The number of aromatic amines is 1. The monoisotopic (exact) mass is 285 g/mol. The molecular formula is C11H16BrN3O. The highest BCUT2D eigenvalue weighted by Crippen LogP contribution is 2.23. The van der Waals surface area contributed by atoms with Crippen molar-refractivity contribution in [3.8, 4) is 0 Å². The molecule has 0 radical (unpaired) electrons. The summed E-state index contributed by atoms with van der Waals surface area (Å²) in [6.07, 6.45) is 9.06. The van der Waals surface area contributed by atoms with Crippen molar-refractivity contribution in [3.05, 3.63) is 18.0 Å². The van der Waals surface area contributed by atoms with Crippen LogP contribution in [0.5, 0.6) is 0 Å². The molecule has 0 aromatic carbocycles. The Balaban J connectivity index is 1.95. The molecule has 0 saturated heterocycles. The van der Waals surface area contributed by atoms with Crippen LogP contribution in [0, 0.1) is 0 Å². The fourth-order valence-corrected chi connectivity index (χ4v) is 2.77. The Bertz CT molecular complexity index is 339. The van der Waals surface area contributed by atoms with Gasteiger partial charge in [0, 0.05) is 17.1 Å². The van der Waals surface area contributed by atoms with Crippen LogP contribution in [0.3, 0.4) is 0 Å². The molecule has 1 amide bonds. The molecule has 1 aromatic heterocycles. The Morgan fingerprint density at radius 2 is 2.25 bits per heavy atom. The fourth-order valence-electron chi connectivity index (χ4n) is 2.05. The zero-order chi connectivity index (χ0) is 11.4. The molecule has 4 nitrogen and oxygen atoms in total. The van der Waals surface area contributed by atoms with Crippen molar-refractivity contribution in [2.75, 3.05) is 0 Å². The number of carbonyl (C=O) groups is 1. The predicted molar refractivity (Wildman–Crippen MR) is 65.6 cm³/mol. The zero-order valence-electron chi connectivity index (χ0n) is 9.08. The summed E-state index contributed by atoms with van der Waals surface area (Å²) in [5, 5.41) is 9.49. The largest absolute Gasteiger partial charge is 0.348 e. The van der Waals surface area contributed by atoms with Gasteiger partial charge < -0.3 is 5.32 Å². The van der Waals surface area contributed by atoms with Crippen molar-refractivity contribution in [3.63, 3.8) is 0 Å². The van der Waals surface area contributed by atoms with E-state index in [1.54, 1.807) is 12.4 Å². The first-order valence-electron chi connectivity index (χ1n) is 5.71. The average molecular weight is 286 g/mol. The number of H-pyrrole nitrogens is 1. The summed E-state index contributed by atoms with van der Waals surface area (Å²) in [4.78, 5) is 12.2. The molecule has 16 heavy (non-hydrogen) atoms. The molecule has 1 fully saturated rings. The van der Waals surface area contributed by atoms with E-state index in [2.05, 4.69) is 31.4 Å². The minimum atomic E-state index is -0.0369. The fraction of sp³-hybridized carbons (Fsp3) is 0.636. The third kappa shape index (κ3) is 2.84. The molecule has 1 aliphatic carbocycles. The van der Waals surface area contributed by atoms with Crippen LogP contribution in [-0.2, 0) is 0 Å². The van der Waals surface area contributed by atoms with E-state index in [9.17, 15) is 4.79 Å². The highest BCUT2D eigenvalue weighted by molar-refractivity contribution is 9.09. The van der Waals surface area contributed by atoms with Crippen LogP contribution in [0.1, 0.15) is 42.5 Å². The Morgan fingerprint density at radius 1 is 1.44 bits per heavy atom. The molecule has 88 valence electrons. The number of carbonyl (C=O) groups excluding carboxylic acids is 1. The molecule has 1 heterocycles. The van der Waals surface area contributed by atoms with E-state index in [4.69, 9.17) is 0 Å². The number of nitrogens with zero attached hydrogens (tertiary/aromatic N) is 1. The van der Waals surface area contributed by atoms with Gasteiger partial charge in [-0.2, -0.15) is 5.10 Å². The lowest BCUT2D eigenvalue weighted by atomic mass is 10.1. The van der Waals surface area contributed by atoms with E-state index in [1.165, 1.54) is 19.3 Å². The Kier molecular flexibility index (Phi) is 3.98. The number of hydrogen-bond acceptors (Lipinski definition) is 2. The van der Waals surface area contributed by atoms with Crippen molar-refractivity contribution in [1.29, 1.82) is 0 Å². The second-order valence-electron chi connectivity index (χ2n) is 4.22. The van der Waals surface area contributed by atoms with Gasteiger partial charge in [-0.25, -0.2) is 0 Å². The van der Waals surface area contributed by atoms with Crippen molar-refractivity contribution in [2.24, 2.45) is 0 Å². The van der Waals surface area contributed by atoms with Gasteiger partial charge in [0.1, 0.15) is 0 Å². The molecule has 2 N–H and O–H groups in total. The summed E-state index contributed by atoms with van der Waals surface area (Å²) in [5.74, 6) is -0.0369. The van der Waals surface area contributed by atoms with E-state index < -0.39 is 0 Å².